The Morgan fingerprint density at radius 2 is 1.79 bits per heavy atom. The van der Waals surface area contributed by atoms with Gasteiger partial charge in [-0.3, -0.25) is 14.4 Å². The van der Waals surface area contributed by atoms with E-state index in [9.17, 15) is 19.2 Å². The third kappa shape index (κ3) is 5.41. The summed E-state index contributed by atoms with van der Waals surface area (Å²) in [6, 6.07) is 9.39. The second-order valence-corrected chi connectivity index (χ2v) is 7.50. The summed E-state index contributed by atoms with van der Waals surface area (Å²) in [6.45, 7) is 1.46. The third-order valence-corrected chi connectivity index (χ3v) is 5.21. The summed E-state index contributed by atoms with van der Waals surface area (Å²) >= 11 is 1.32. The Labute approximate surface area is 171 Å². The molecule has 1 fully saturated rings. The van der Waals surface area contributed by atoms with Crippen LogP contribution in [0.5, 0.6) is 0 Å². The van der Waals surface area contributed by atoms with E-state index < -0.39 is 24.5 Å². The molecule has 0 saturated carbocycles. The highest BCUT2D eigenvalue weighted by atomic mass is 32.1. The van der Waals surface area contributed by atoms with Gasteiger partial charge in [-0.15, -0.1) is 11.3 Å². The topological polar surface area (TPSA) is 105 Å². The lowest BCUT2D eigenvalue weighted by molar-refractivity contribution is -0.151. The predicted octanol–water partition coefficient (Wildman–Crippen LogP) is 2.49. The lowest BCUT2D eigenvalue weighted by Gasteiger charge is -2.22. The zero-order valence-electron chi connectivity index (χ0n) is 15.8. The molecule has 1 aromatic carbocycles. The third-order valence-electron chi connectivity index (χ3n) is 4.35. The van der Waals surface area contributed by atoms with Gasteiger partial charge in [-0.25, -0.2) is 4.79 Å². The number of amides is 3. The first kappa shape index (κ1) is 20.5. The first-order valence-corrected chi connectivity index (χ1v) is 10.0. The minimum absolute atomic E-state index is 0.188. The summed E-state index contributed by atoms with van der Waals surface area (Å²) in [7, 11) is 0. The van der Waals surface area contributed by atoms with Gasteiger partial charge in [-0.2, -0.15) is 0 Å². The number of carbonyl (C=O) groups is 4. The standard InChI is InChI=1S/C20H21N3O5S/c1-13(24)21-14-6-8-15(9-7-14)22-18(25)12-28-20(27)16-4-2-10-23(16)19(26)17-5-3-11-29-17/h3,5-9,11,16H,2,4,10,12H2,1H3,(H,21,24)(H,22,25)/t16-/m0/s1. The van der Waals surface area contributed by atoms with Gasteiger partial charge in [0.25, 0.3) is 11.8 Å². The molecule has 0 unspecified atom stereocenters. The maximum atomic E-state index is 12.5. The Bertz CT molecular complexity index is 895. The van der Waals surface area contributed by atoms with E-state index >= 15 is 0 Å². The van der Waals surface area contributed by atoms with Crippen molar-refractivity contribution in [2.45, 2.75) is 25.8 Å². The molecule has 8 nitrogen and oxygen atoms in total. The average Bonchev–Trinajstić information content (AvgIpc) is 3.38. The first-order valence-electron chi connectivity index (χ1n) is 9.12. The maximum Gasteiger partial charge on any atom is 0.329 e. The number of esters is 1. The molecule has 3 rings (SSSR count). The summed E-state index contributed by atoms with van der Waals surface area (Å²) in [5.41, 5.74) is 1.12. The zero-order chi connectivity index (χ0) is 20.8. The van der Waals surface area contributed by atoms with Crippen LogP contribution in [-0.2, 0) is 19.1 Å². The molecule has 2 N–H and O–H groups in total. The zero-order valence-corrected chi connectivity index (χ0v) is 16.7. The van der Waals surface area contributed by atoms with Crippen LogP contribution in [0.1, 0.15) is 29.4 Å². The largest absolute Gasteiger partial charge is 0.454 e. The molecule has 0 radical (unpaired) electrons. The molecule has 29 heavy (non-hydrogen) atoms. The number of ether oxygens (including phenoxy) is 1. The smallest absolute Gasteiger partial charge is 0.329 e. The number of hydrogen-bond donors (Lipinski definition) is 2. The van der Waals surface area contributed by atoms with E-state index in [1.165, 1.54) is 23.2 Å². The van der Waals surface area contributed by atoms with E-state index in [4.69, 9.17) is 4.74 Å². The molecule has 1 aliphatic rings. The lowest BCUT2D eigenvalue weighted by Crippen LogP contribution is -2.41. The van der Waals surface area contributed by atoms with Gasteiger partial charge < -0.3 is 20.3 Å². The molecule has 2 heterocycles. The van der Waals surface area contributed by atoms with Crippen molar-refractivity contribution in [3.05, 3.63) is 46.7 Å². The van der Waals surface area contributed by atoms with Crippen molar-refractivity contribution in [2.75, 3.05) is 23.8 Å². The van der Waals surface area contributed by atoms with Crippen molar-refractivity contribution in [1.29, 1.82) is 0 Å². The SMILES string of the molecule is CC(=O)Nc1ccc(NC(=O)COC(=O)[C@@H]2CCCN2C(=O)c2cccs2)cc1. The summed E-state index contributed by atoms with van der Waals surface area (Å²) in [5, 5.41) is 7.05. The quantitative estimate of drug-likeness (QED) is 0.706. The Kier molecular flexibility index (Phi) is 6.61. The molecule has 1 atom stereocenters. The molecule has 0 bridgehead atoms. The van der Waals surface area contributed by atoms with Crippen molar-refractivity contribution >= 4 is 46.4 Å². The van der Waals surface area contributed by atoms with Crippen molar-refractivity contribution in [1.82, 2.24) is 4.90 Å². The van der Waals surface area contributed by atoms with Crippen molar-refractivity contribution in [3.63, 3.8) is 0 Å². The molecule has 0 spiro atoms. The van der Waals surface area contributed by atoms with Crippen LogP contribution in [0.15, 0.2) is 41.8 Å². The normalized spacial score (nSPS) is 15.6. The minimum atomic E-state index is -0.672. The van der Waals surface area contributed by atoms with E-state index in [1.54, 1.807) is 36.4 Å². The van der Waals surface area contributed by atoms with Gasteiger partial charge in [0.2, 0.25) is 5.91 Å². The summed E-state index contributed by atoms with van der Waals surface area (Å²) < 4.78 is 5.14. The van der Waals surface area contributed by atoms with Crippen LogP contribution in [0.25, 0.3) is 0 Å². The van der Waals surface area contributed by atoms with E-state index in [2.05, 4.69) is 10.6 Å². The molecule has 1 saturated heterocycles. The minimum Gasteiger partial charge on any atom is -0.454 e. The molecule has 152 valence electrons. The van der Waals surface area contributed by atoms with Crippen LogP contribution < -0.4 is 10.6 Å². The molecule has 9 heteroatoms. The Hall–Kier alpha value is -3.20. The number of benzene rings is 1. The fourth-order valence-corrected chi connectivity index (χ4v) is 3.75. The number of hydrogen-bond acceptors (Lipinski definition) is 6. The van der Waals surface area contributed by atoms with E-state index in [1.807, 2.05) is 5.38 Å². The van der Waals surface area contributed by atoms with Gasteiger partial charge in [-0.1, -0.05) is 6.07 Å². The number of carbonyl (C=O) groups excluding carboxylic acids is 4. The van der Waals surface area contributed by atoms with Crippen LogP contribution in [0.4, 0.5) is 11.4 Å². The molecular formula is C20H21N3O5S. The Morgan fingerprint density at radius 3 is 2.41 bits per heavy atom. The number of anilines is 2. The lowest BCUT2D eigenvalue weighted by atomic mass is 10.2. The van der Waals surface area contributed by atoms with Crippen LogP contribution in [0.3, 0.4) is 0 Å². The molecule has 2 aromatic rings. The molecule has 0 aliphatic carbocycles. The summed E-state index contributed by atoms with van der Waals surface area (Å²) in [5.74, 6) is -1.45. The van der Waals surface area contributed by atoms with Gasteiger partial charge in [0.05, 0.1) is 4.88 Å². The van der Waals surface area contributed by atoms with Crippen LogP contribution in [0, 0.1) is 0 Å². The highest BCUT2D eigenvalue weighted by Crippen LogP contribution is 2.23. The van der Waals surface area contributed by atoms with Gasteiger partial charge >= 0.3 is 5.97 Å². The van der Waals surface area contributed by atoms with Gasteiger partial charge in [0, 0.05) is 24.8 Å². The van der Waals surface area contributed by atoms with Crippen LogP contribution in [-0.4, -0.2) is 47.8 Å². The molecule has 3 amide bonds. The Balaban J connectivity index is 1.50. The van der Waals surface area contributed by atoms with Gasteiger partial charge in [-0.05, 0) is 48.6 Å². The average molecular weight is 415 g/mol. The fourth-order valence-electron chi connectivity index (χ4n) is 3.07. The first-order chi connectivity index (χ1) is 13.9. The van der Waals surface area contributed by atoms with Crippen molar-refractivity contribution in [3.8, 4) is 0 Å². The van der Waals surface area contributed by atoms with E-state index in [0.717, 1.165) is 0 Å². The molecular weight excluding hydrogens is 394 g/mol. The summed E-state index contributed by atoms with van der Waals surface area (Å²) in [4.78, 5) is 50.1. The van der Waals surface area contributed by atoms with E-state index in [-0.39, 0.29) is 11.8 Å². The highest BCUT2D eigenvalue weighted by molar-refractivity contribution is 7.12. The van der Waals surface area contributed by atoms with Crippen LogP contribution >= 0.6 is 11.3 Å². The van der Waals surface area contributed by atoms with Crippen LogP contribution in [0.2, 0.25) is 0 Å². The fraction of sp³-hybridized carbons (Fsp3) is 0.300. The number of thiophene rings is 1. The number of nitrogens with zero attached hydrogens (tertiary/aromatic N) is 1. The molecule has 1 aromatic heterocycles. The molecule has 1 aliphatic heterocycles. The number of likely N-dealkylation sites (tertiary alicyclic amines) is 1. The van der Waals surface area contributed by atoms with Crippen molar-refractivity contribution in [2.24, 2.45) is 0 Å². The van der Waals surface area contributed by atoms with Gasteiger partial charge in [0.15, 0.2) is 6.61 Å². The number of nitrogens with one attached hydrogen (secondary N) is 2. The van der Waals surface area contributed by atoms with Gasteiger partial charge in [0.1, 0.15) is 6.04 Å². The second-order valence-electron chi connectivity index (χ2n) is 6.55. The van der Waals surface area contributed by atoms with Crippen molar-refractivity contribution < 1.29 is 23.9 Å². The summed E-state index contributed by atoms with van der Waals surface area (Å²) in [6.07, 6.45) is 1.23. The second kappa shape index (κ2) is 9.33. The highest BCUT2D eigenvalue weighted by Gasteiger charge is 2.36. The number of rotatable bonds is 6. The monoisotopic (exact) mass is 415 g/mol. The predicted molar refractivity (Wildman–Crippen MR) is 109 cm³/mol. The van der Waals surface area contributed by atoms with E-state index in [0.29, 0.717) is 35.6 Å². The maximum absolute atomic E-state index is 12.5. The Morgan fingerprint density at radius 1 is 1.10 bits per heavy atom.